The fraction of sp³-hybridized carbons (Fsp3) is 0.0769. The first kappa shape index (κ1) is 11.1. The third kappa shape index (κ3) is 1.43. The molecule has 1 aliphatic carbocycles. The molecule has 0 aromatic carbocycles. The summed E-state index contributed by atoms with van der Waals surface area (Å²) in [5.41, 5.74) is 1.48. The van der Waals surface area contributed by atoms with Crippen molar-refractivity contribution in [2.45, 2.75) is 5.25 Å². The van der Waals surface area contributed by atoms with Crippen molar-refractivity contribution in [1.82, 2.24) is 0 Å². The topological polar surface area (TPSA) is 34.1 Å². The van der Waals surface area contributed by atoms with Crippen LogP contribution in [-0.4, -0.2) is 13.7 Å². The lowest BCUT2D eigenvalue weighted by Crippen LogP contribution is -2.15. The van der Waals surface area contributed by atoms with Crippen LogP contribution in [-0.2, 0) is 9.84 Å². The smallest absolute Gasteiger partial charge is 0.189 e. The monoisotopic (exact) mass is 232 g/mol. The van der Waals surface area contributed by atoms with E-state index in [0.717, 1.165) is 11.1 Å². The summed E-state index contributed by atoms with van der Waals surface area (Å²) < 4.78 is 24.4. The highest BCUT2D eigenvalue weighted by molar-refractivity contribution is 7.96. The fourth-order valence-corrected chi connectivity index (χ4v) is 3.88. The van der Waals surface area contributed by atoms with Crippen LogP contribution >= 0.6 is 0 Å². The Morgan fingerprint density at radius 3 is 2.69 bits per heavy atom. The van der Waals surface area contributed by atoms with Crippen molar-refractivity contribution >= 4 is 9.84 Å². The summed E-state index contributed by atoms with van der Waals surface area (Å²) in [6.45, 7) is 7.24. The van der Waals surface area contributed by atoms with E-state index < -0.39 is 15.1 Å². The Bertz CT molecular complexity index is 542. The third-order valence-electron chi connectivity index (χ3n) is 2.68. The van der Waals surface area contributed by atoms with Gasteiger partial charge < -0.3 is 0 Å². The number of hydrogen-bond donors (Lipinski definition) is 0. The molecule has 2 rings (SSSR count). The second kappa shape index (κ2) is 3.91. The van der Waals surface area contributed by atoms with E-state index in [1.807, 2.05) is 6.08 Å². The van der Waals surface area contributed by atoms with Gasteiger partial charge in [-0.25, -0.2) is 8.42 Å². The zero-order valence-corrected chi connectivity index (χ0v) is 9.57. The van der Waals surface area contributed by atoms with E-state index in [9.17, 15) is 8.42 Å². The number of sulfone groups is 1. The van der Waals surface area contributed by atoms with Crippen LogP contribution in [0.3, 0.4) is 0 Å². The minimum atomic E-state index is -3.30. The normalized spacial score (nSPS) is 27.1. The molecule has 1 atom stereocenters. The quantitative estimate of drug-likeness (QED) is 0.732. The first-order chi connectivity index (χ1) is 7.62. The SMILES string of the molecule is [CH2]/C=C\C1C(C=C)=C2[CH]C=CC=C2S1(=O)=O. The van der Waals surface area contributed by atoms with Gasteiger partial charge in [-0.3, -0.25) is 0 Å². The predicted octanol–water partition coefficient (Wildman–Crippen LogP) is 2.31. The zero-order chi connectivity index (χ0) is 11.8. The Morgan fingerprint density at radius 1 is 1.31 bits per heavy atom. The van der Waals surface area contributed by atoms with Gasteiger partial charge in [0.05, 0.1) is 4.91 Å². The van der Waals surface area contributed by atoms with Gasteiger partial charge in [-0.2, -0.15) is 0 Å². The van der Waals surface area contributed by atoms with Gasteiger partial charge in [0, 0.05) is 6.42 Å². The van der Waals surface area contributed by atoms with Crippen molar-refractivity contribution < 1.29 is 8.42 Å². The number of fused-ring (bicyclic) bond motifs is 1. The van der Waals surface area contributed by atoms with Crippen molar-refractivity contribution in [3.63, 3.8) is 0 Å². The van der Waals surface area contributed by atoms with E-state index in [0.29, 0.717) is 4.91 Å². The summed E-state index contributed by atoms with van der Waals surface area (Å²) in [4.78, 5) is 0.382. The summed E-state index contributed by atoms with van der Waals surface area (Å²) in [6.07, 6.45) is 11.7. The molecule has 1 aliphatic heterocycles. The Hall–Kier alpha value is -1.35. The van der Waals surface area contributed by atoms with E-state index in [1.54, 1.807) is 30.7 Å². The molecule has 0 saturated heterocycles. The molecular formula is C13H12O2S. The van der Waals surface area contributed by atoms with Crippen LogP contribution in [0, 0.1) is 13.3 Å². The predicted molar refractivity (Wildman–Crippen MR) is 66.0 cm³/mol. The molecule has 0 amide bonds. The third-order valence-corrected chi connectivity index (χ3v) is 4.72. The van der Waals surface area contributed by atoms with Crippen LogP contribution < -0.4 is 0 Å². The summed E-state index contributed by atoms with van der Waals surface area (Å²) in [5, 5.41) is -0.639. The molecule has 0 N–H and O–H groups in total. The fourth-order valence-electron chi connectivity index (χ4n) is 1.97. The average Bonchev–Trinajstić information content (AvgIpc) is 2.49. The second-order valence-corrected chi connectivity index (χ2v) is 5.59. The molecule has 82 valence electrons. The van der Waals surface area contributed by atoms with Gasteiger partial charge >= 0.3 is 0 Å². The van der Waals surface area contributed by atoms with E-state index >= 15 is 0 Å². The molecular weight excluding hydrogens is 220 g/mol. The molecule has 2 aliphatic rings. The molecule has 0 fully saturated rings. The van der Waals surface area contributed by atoms with Crippen molar-refractivity contribution in [2.75, 3.05) is 0 Å². The van der Waals surface area contributed by atoms with Crippen LogP contribution in [0.25, 0.3) is 0 Å². The minimum absolute atomic E-state index is 0.382. The highest BCUT2D eigenvalue weighted by Gasteiger charge is 2.40. The Balaban J connectivity index is 2.68. The van der Waals surface area contributed by atoms with Gasteiger partial charge in [-0.15, -0.1) is 0 Å². The van der Waals surface area contributed by atoms with E-state index in [4.69, 9.17) is 0 Å². The Morgan fingerprint density at radius 2 is 2.06 bits per heavy atom. The second-order valence-electron chi connectivity index (χ2n) is 3.55. The van der Waals surface area contributed by atoms with Crippen LogP contribution in [0.2, 0.25) is 0 Å². The lowest BCUT2D eigenvalue weighted by Gasteiger charge is -2.06. The van der Waals surface area contributed by atoms with E-state index in [1.165, 1.54) is 6.08 Å². The standard InChI is InChI=1S/C13H12O2S/c1-3-7-12-10(4-2)11-8-5-6-9-13(11)16(12,14)15/h3-9,12H,1-2H2/b7-3-. The lowest BCUT2D eigenvalue weighted by atomic mass is 9.99. The van der Waals surface area contributed by atoms with Gasteiger partial charge in [0.1, 0.15) is 5.25 Å². The molecule has 0 aromatic heterocycles. The summed E-state index contributed by atoms with van der Waals surface area (Å²) in [7, 11) is -3.30. The largest absolute Gasteiger partial charge is 0.223 e. The lowest BCUT2D eigenvalue weighted by molar-refractivity contribution is 0.602. The Kier molecular flexibility index (Phi) is 2.72. The zero-order valence-electron chi connectivity index (χ0n) is 8.76. The molecule has 0 aromatic rings. The van der Waals surface area contributed by atoms with Crippen molar-refractivity contribution in [3.8, 4) is 0 Å². The molecule has 2 nitrogen and oxygen atoms in total. The first-order valence-electron chi connectivity index (χ1n) is 4.91. The number of rotatable bonds is 2. The number of allylic oxidation sites excluding steroid dienone is 6. The van der Waals surface area contributed by atoms with Crippen LogP contribution in [0.1, 0.15) is 0 Å². The summed E-state index contributed by atoms with van der Waals surface area (Å²) >= 11 is 0. The summed E-state index contributed by atoms with van der Waals surface area (Å²) in [5.74, 6) is 0. The highest BCUT2D eigenvalue weighted by atomic mass is 32.2. The van der Waals surface area contributed by atoms with Crippen LogP contribution in [0.4, 0.5) is 0 Å². The molecule has 0 saturated carbocycles. The minimum Gasteiger partial charge on any atom is -0.223 e. The van der Waals surface area contributed by atoms with Crippen LogP contribution in [0.15, 0.2) is 59.1 Å². The summed E-state index contributed by atoms with van der Waals surface area (Å²) in [6, 6.07) is 0. The van der Waals surface area contributed by atoms with Gasteiger partial charge in [-0.05, 0) is 24.1 Å². The highest BCUT2D eigenvalue weighted by Crippen LogP contribution is 2.40. The van der Waals surface area contributed by atoms with Crippen molar-refractivity contribution in [2.24, 2.45) is 0 Å². The molecule has 0 spiro atoms. The molecule has 3 heteroatoms. The number of hydrogen-bond acceptors (Lipinski definition) is 2. The van der Waals surface area contributed by atoms with E-state index in [-0.39, 0.29) is 0 Å². The molecule has 16 heavy (non-hydrogen) atoms. The average molecular weight is 232 g/mol. The first-order valence-corrected chi connectivity index (χ1v) is 6.46. The molecule has 0 bridgehead atoms. The molecule has 1 unspecified atom stereocenters. The Labute approximate surface area is 96.3 Å². The van der Waals surface area contributed by atoms with Crippen molar-refractivity contribution in [3.05, 3.63) is 72.4 Å². The molecule has 1 heterocycles. The van der Waals surface area contributed by atoms with E-state index in [2.05, 4.69) is 13.5 Å². The van der Waals surface area contributed by atoms with Crippen LogP contribution in [0.5, 0.6) is 0 Å². The maximum Gasteiger partial charge on any atom is 0.189 e. The maximum absolute atomic E-state index is 12.2. The van der Waals surface area contributed by atoms with Gasteiger partial charge in [0.15, 0.2) is 9.84 Å². The van der Waals surface area contributed by atoms with Gasteiger partial charge in [0.2, 0.25) is 0 Å². The molecule has 2 radical (unpaired) electrons. The van der Waals surface area contributed by atoms with Gasteiger partial charge in [0.25, 0.3) is 0 Å². The van der Waals surface area contributed by atoms with Crippen molar-refractivity contribution in [1.29, 1.82) is 0 Å². The van der Waals surface area contributed by atoms with Gasteiger partial charge in [-0.1, -0.05) is 37.0 Å². The maximum atomic E-state index is 12.2.